The molecule has 1 N–H and O–H groups in total. The minimum absolute atomic E-state index is 0.0943. The molecule has 0 aliphatic heterocycles. The van der Waals surface area contributed by atoms with E-state index in [2.05, 4.69) is 10.3 Å². The third-order valence-corrected chi connectivity index (χ3v) is 5.24. The lowest BCUT2D eigenvalue weighted by Crippen LogP contribution is -2.36. The Morgan fingerprint density at radius 2 is 1.84 bits per heavy atom. The van der Waals surface area contributed by atoms with Gasteiger partial charge in [-0.2, -0.15) is 4.31 Å². The molecule has 0 fully saturated rings. The molecule has 0 radical (unpaired) electrons. The molecule has 25 heavy (non-hydrogen) atoms. The van der Waals surface area contributed by atoms with Crippen LogP contribution in [0.5, 0.6) is 0 Å². The number of benzene rings is 1. The third kappa shape index (κ3) is 5.95. The molecule has 0 spiro atoms. The lowest BCUT2D eigenvalue weighted by molar-refractivity contribution is -0.121. The number of nitrogens with zero attached hydrogens (tertiary/aromatic N) is 2. The van der Waals surface area contributed by atoms with E-state index in [0.29, 0.717) is 6.54 Å². The zero-order valence-electron chi connectivity index (χ0n) is 14.4. The number of rotatable bonds is 8. The summed E-state index contributed by atoms with van der Waals surface area (Å²) in [6, 6.07) is 14.5. The fourth-order valence-electron chi connectivity index (χ4n) is 2.54. The van der Waals surface area contributed by atoms with E-state index >= 15 is 0 Å². The summed E-state index contributed by atoms with van der Waals surface area (Å²) in [6.07, 6.45) is 2.92. The number of pyridine rings is 1. The second-order valence-corrected chi connectivity index (χ2v) is 7.74. The summed E-state index contributed by atoms with van der Waals surface area (Å²) in [5.74, 6) is -0.209. The maximum absolute atomic E-state index is 12.1. The smallest absolute Gasteiger partial charge is 0.221 e. The molecule has 0 saturated carbocycles. The molecule has 1 atom stereocenters. The highest BCUT2D eigenvalue weighted by atomic mass is 32.2. The quantitative estimate of drug-likeness (QED) is 0.781. The van der Waals surface area contributed by atoms with Crippen LogP contribution in [-0.4, -0.2) is 36.4 Å². The van der Waals surface area contributed by atoms with Crippen LogP contribution in [0.4, 0.5) is 0 Å². The molecule has 1 aromatic heterocycles. The van der Waals surface area contributed by atoms with Crippen LogP contribution >= 0.6 is 0 Å². The Labute approximate surface area is 148 Å². The average Bonchev–Trinajstić information content (AvgIpc) is 2.60. The fraction of sp³-hybridized carbons (Fsp3) is 0.333. The molecule has 6 nitrogen and oxygen atoms in total. The van der Waals surface area contributed by atoms with Gasteiger partial charge in [0.2, 0.25) is 15.9 Å². The van der Waals surface area contributed by atoms with Crippen molar-refractivity contribution < 1.29 is 13.2 Å². The summed E-state index contributed by atoms with van der Waals surface area (Å²) >= 11 is 0. The zero-order chi connectivity index (χ0) is 18.3. The maximum atomic E-state index is 12.1. The van der Waals surface area contributed by atoms with E-state index in [1.807, 2.05) is 49.4 Å². The predicted molar refractivity (Wildman–Crippen MR) is 97.1 cm³/mol. The summed E-state index contributed by atoms with van der Waals surface area (Å²) in [7, 11) is -3.43. The van der Waals surface area contributed by atoms with Gasteiger partial charge in [0.1, 0.15) is 0 Å². The van der Waals surface area contributed by atoms with E-state index in [1.165, 1.54) is 4.31 Å². The SMILES string of the molecule is CC(c1ccccc1)N(CCC(=O)NCc1ccccn1)S(C)(=O)=O. The largest absolute Gasteiger partial charge is 0.350 e. The number of carbonyl (C=O) groups excluding carboxylic acids is 1. The highest BCUT2D eigenvalue weighted by Gasteiger charge is 2.24. The first-order valence-corrected chi connectivity index (χ1v) is 9.91. The van der Waals surface area contributed by atoms with Crippen molar-refractivity contribution in [2.24, 2.45) is 0 Å². The maximum Gasteiger partial charge on any atom is 0.221 e. The topological polar surface area (TPSA) is 79.4 Å². The molecule has 0 aliphatic rings. The van der Waals surface area contributed by atoms with Gasteiger partial charge in [0, 0.05) is 25.2 Å². The lowest BCUT2D eigenvalue weighted by atomic mass is 10.1. The molecular formula is C18H23N3O3S. The molecule has 0 saturated heterocycles. The van der Waals surface area contributed by atoms with Crippen molar-refractivity contribution in [2.45, 2.75) is 25.9 Å². The molecule has 2 aromatic rings. The van der Waals surface area contributed by atoms with Gasteiger partial charge in [-0.25, -0.2) is 8.42 Å². The normalized spacial score (nSPS) is 12.8. The van der Waals surface area contributed by atoms with Crippen molar-refractivity contribution in [3.8, 4) is 0 Å². The van der Waals surface area contributed by atoms with Gasteiger partial charge in [0.25, 0.3) is 0 Å². The highest BCUT2D eigenvalue weighted by Crippen LogP contribution is 2.22. The Kier molecular flexibility index (Phi) is 6.66. The molecule has 1 aromatic carbocycles. The fourth-order valence-corrected chi connectivity index (χ4v) is 3.66. The van der Waals surface area contributed by atoms with Crippen LogP contribution in [0.3, 0.4) is 0 Å². The van der Waals surface area contributed by atoms with Gasteiger partial charge in [-0.1, -0.05) is 36.4 Å². The van der Waals surface area contributed by atoms with Crippen LogP contribution in [0.15, 0.2) is 54.7 Å². The van der Waals surface area contributed by atoms with E-state index in [4.69, 9.17) is 0 Å². The van der Waals surface area contributed by atoms with E-state index in [0.717, 1.165) is 17.5 Å². The highest BCUT2D eigenvalue weighted by molar-refractivity contribution is 7.88. The molecule has 2 rings (SSSR count). The molecule has 7 heteroatoms. The zero-order valence-corrected chi connectivity index (χ0v) is 15.2. The minimum Gasteiger partial charge on any atom is -0.350 e. The van der Waals surface area contributed by atoms with Crippen LogP contribution in [0.25, 0.3) is 0 Å². The third-order valence-electron chi connectivity index (χ3n) is 3.89. The first kappa shape index (κ1) is 19.1. The second kappa shape index (κ2) is 8.73. The number of nitrogens with one attached hydrogen (secondary N) is 1. The second-order valence-electron chi connectivity index (χ2n) is 5.81. The van der Waals surface area contributed by atoms with Crippen molar-refractivity contribution in [2.75, 3.05) is 12.8 Å². The van der Waals surface area contributed by atoms with Crippen LogP contribution in [-0.2, 0) is 21.4 Å². The van der Waals surface area contributed by atoms with Crippen LogP contribution in [0.2, 0.25) is 0 Å². The summed E-state index contributed by atoms with van der Waals surface area (Å²) < 4.78 is 25.6. The Bertz CT molecular complexity index is 780. The van der Waals surface area contributed by atoms with Gasteiger partial charge in [-0.05, 0) is 24.6 Å². The van der Waals surface area contributed by atoms with Gasteiger partial charge in [0.05, 0.1) is 18.5 Å². The minimum atomic E-state index is -3.43. The van der Waals surface area contributed by atoms with Crippen LogP contribution in [0, 0.1) is 0 Å². The molecule has 1 unspecified atom stereocenters. The van der Waals surface area contributed by atoms with Crippen molar-refractivity contribution in [1.82, 2.24) is 14.6 Å². The predicted octanol–water partition coefficient (Wildman–Crippen LogP) is 2.11. The number of carbonyl (C=O) groups is 1. The Balaban J connectivity index is 1.95. The van der Waals surface area contributed by atoms with Crippen molar-refractivity contribution >= 4 is 15.9 Å². The first-order valence-electron chi connectivity index (χ1n) is 8.06. The molecule has 0 aliphatic carbocycles. The van der Waals surface area contributed by atoms with Gasteiger partial charge >= 0.3 is 0 Å². The molecular weight excluding hydrogens is 338 g/mol. The lowest BCUT2D eigenvalue weighted by Gasteiger charge is -2.27. The Morgan fingerprint density at radius 1 is 1.16 bits per heavy atom. The number of sulfonamides is 1. The van der Waals surface area contributed by atoms with E-state index in [1.54, 1.807) is 12.3 Å². The summed E-state index contributed by atoms with van der Waals surface area (Å²) in [5.41, 5.74) is 1.65. The number of hydrogen-bond acceptors (Lipinski definition) is 4. The molecule has 1 heterocycles. The van der Waals surface area contributed by atoms with Crippen molar-refractivity contribution in [1.29, 1.82) is 0 Å². The average molecular weight is 361 g/mol. The van der Waals surface area contributed by atoms with Gasteiger partial charge in [-0.15, -0.1) is 0 Å². The number of aromatic nitrogens is 1. The van der Waals surface area contributed by atoms with E-state index < -0.39 is 10.0 Å². The standard InChI is InChI=1S/C18H23N3O3S/c1-15(16-8-4-3-5-9-16)21(25(2,23)24)13-11-18(22)20-14-17-10-6-7-12-19-17/h3-10,12,15H,11,13-14H2,1-2H3,(H,20,22). The molecule has 134 valence electrons. The van der Waals surface area contributed by atoms with Gasteiger partial charge in [0.15, 0.2) is 0 Å². The van der Waals surface area contributed by atoms with Gasteiger partial charge < -0.3 is 5.32 Å². The van der Waals surface area contributed by atoms with Crippen molar-refractivity contribution in [3.05, 3.63) is 66.0 Å². The summed E-state index contributed by atoms with van der Waals surface area (Å²) in [5, 5.41) is 2.76. The monoisotopic (exact) mass is 361 g/mol. The molecule has 0 bridgehead atoms. The first-order chi connectivity index (χ1) is 11.9. The molecule has 1 amide bonds. The van der Waals surface area contributed by atoms with E-state index in [-0.39, 0.29) is 24.9 Å². The Morgan fingerprint density at radius 3 is 2.44 bits per heavy atom. The summed E-state index contributed by atoms with van der Waals surface area (Å²) in [4.78, 5) is 16.2. The number of amides is 1. The van der Waals surface area contributed by atoms with Crippen LogP contribution < -0.4 is 5.32 Å². The summed E-state index contributed by atoms with van der Waals surface area (Å²) in [6.45, 7) is 2.28. The Hall–Kier alpha value is -2.25. The van der Waals surface area contributed by atoms with E-state index in [9.17, 15) is 13.2 Å². The van der Waals surface area contributed by atoms with Crippen LogP contribution in [0.1, 0.15) is 30.6 Å². The number of hydrogen-bond donors (Lipinski definition) is 1. The van der Waals surface area contributed by atoms with Gasteiger partial charge in [-0.3, -0.25) is 9.78 Å². The van der Waals surface area contributed by atoms with Crippen molar-refractivity contribution in [3.63, 3.8) is 0 Å².